The van der Waals surface area contributed by atoms with Crippen molar-refractivity contribution in [3.05, 3.63) is 71.1 Å². The van der Waals surface area contributed by atoms with Crippen molar-refractivity contribution >= 4 is 18.2 Å². The smallest absolute Gasteiger partial charge is 0.267 e. The second-order valence-electron chi connectivity index (χ2n) is 5.64. The molecule has 1 N–H and O–H groups in total. The summed E-state index contributed by atoms with van der Waals surface area (Å²) in [5.74, 6) is 0.275. The van der Waals surface area contributed by atoms with Crippen molar-refractivity contribution in [1.82, 2.24) is 10.4 Å². The molecule has 1 aromatic heterocycles. The largest absolute Gasteiger partial charge is 0.271 e. The third-order valence-electron chi connectivity index (χ3n) is 3.37. The number of benzene rings is 1. The predicted octanol–water partition coefficient (Wildman–Crippen LogP) is 4.02. The van der Waals surface area contributed by atoms with Crippen LogP contribution in [0.1, 0.15) is 48.2 Å². The lowest BCUT2D eigenvalue weighted by Crippen LogP contribution is -2.17. The van der Waals surface area contributed by atoms with Crippen molar-refractivity contribution in [1.29, 1.82) is 0 Å². The quantitative estimate of drug-likeness (QED) is 0.670. The van der Waals surface area contributed by atoms with E-state index in [1.54, 1.807) is 30.7 Å². The normalized spacial score (nSPS) is 11.9. The number of nitrogens with one attached hydrogen (secondary N) is 1. The molecule has 0 saturated heterocycles. The molecular formula is C19H21N3O. The van der Waals surface area contributed by atoms with Gasteiger partial charge in [0, 0.05) is 18.0 Å². The van der Waals surface area contributed by atoms with Crippen molar-refractivity contribution in [2.75, 3.05) is 0 Å². The van der Waals surface area contributed by atoms with Gasteiger partial charge in [-0.3, -0.25) is 9.78 Å². The summed E-state index contributed by atoms with van der Waals surface area (Å²) < 4.78 is 0. The molecule has 1 amide bonds. The molecule has 1 aromatic carbocycles. The number of aromatic nitrogens is 1. The van der Waals surface area contributed by atoms with Gasteiger partial charge in [0.1, 0.15) is 0 Å². The molecule has 0 unspecified atom stereocenters. The first-order valence-electron chi connectivity index (χ1n) is 7.58. The Labute approximate surface area is 137 Å². The molecule has 4 heteroatoms. The standard InChI is InChI=1S/C19H21N3O/c1-14(2)17-6-4-16(5-7-17)12-15(3)13-21-22-19(23)18-8-10-20-11-9-18/h4-14H,1-3H3,(H,22,23)/b15-12+,21-13-. The highest BCUT2D eigenvalue weighted by Gasteiger charge is 2.02. The Bertz CT molecular complexity index is 701. The van der Waals surface area contributed by atoms with Crippen LogP contribution in [0.5, 0.6) is 0 Å². The zero-order chi connectivity index (χ0) is 16.7. The number of hydrogen-bond acceptors (Lipinski definition) is 3. The number of hydrogen-bond donors (Lipinski definition) is 1. The third-order valence-corrected chi connectivity index (χ3v) is 3.37. The number of hydrazone groups is 1. The van der Waals surface area contributed by atoms with Crippen molar-refractivity contribution in [3.63, 3.8) is 0 Å². The van der Waals surface area contributed by atoms with E-state index in [1.165, 1.54) is 5.56 Å². The van der Waals surface area contributed by atoms with Gasteiger partial charge in [0.15, 0.2) is 0 Å². The van der Waals surface area contributed by atoms with E-state index in [-0.39, 0.29) is 5.91 Å². The SMILES string of the molecule is CC(/C=N\NC(=O)c1ccncc1)=C\c1ccc(C(C)C)cc1. The van der Waals surface area contributed by atoms with Gasteiger partial charge in [-0.05, 0) is 41.7 Å². The van der Waals surface area contributed by atoms with E-state index >= 15 is 0 Å². The van der Waals surface area contributed by atoms with Gasteiger partial charge in [-0.15, -0.1) is 0 Å². The number of allylic oxidation sites excluding steroid dienone is 1. The monoisotopic (exact) mass is 307 g/mol. The van der Waals surface area contributed by atoms with E-state index in [9.17, 15) is 4.79 Å². The van der Waals surface area contributed by atoms with Gasteiger partial charge in [0.2, 0.25) is 0 Å². The van der Waals surface area contributed by atoms with Gasteiger partial charge in [-0.1, -0.05) is 44.2 Å². The third kappa shape index (κ3) is 5.18. The average Bonchev–Trinajstić information content (AvgIpc) is 2.56. The molecule has 0 fully saturated rings. The summed E-state index contributed by atoms with van der Waals surface area (Å²) in [5, 5.41) is 3.98. The maximum absolute atomic E-state index is 11.8. The van der Waals surface area contributed by atoms with Crippen LogP contribution in [-0.2, 0) is 0 Å². The molecule has 0 spiro atoms. The highest BCUT2D eigenvalue weighted by atomic mass is 16.2. The van der Waals surface area contributed by atoms with Crippen molar-refractivity contribution in [2.45, 2.75) is 26.7 Å². The lowest BCUT2D eigenvalue weighted by molar-refractivity contribution is 0.0955. The lowest BCUT2D eigenvalue weighted by atomic mass is 10.0. The van der Waals surface area contributed by atoms with Crippen LogP contribution in [0.25, 0.3) is 6.08 Å². The fourth-order valence-electron chi connectivity index (χ4n) is 2.04. The molecule has 0 bridgehead atoms. The maximum Gasteiger partial charge on any atom is 0.271 e. The Hall–Kier alpha value is -2.75. The lowest BCUT2D eigenvalue weighted by Gasteiger charge is -2.05. The molecule has 118 valence electrons. The molecular weight excluding hydrogens is 286 g/mol. The van der Waals surface area contributed by atoms with Crippen molar-refractivity contribution in [2.24, 2.45) is 5.10 Å². The van der Waals surface area contributed by atoms with Crippen LogP contribution in [0.4, 0.5) is 0 Å². The molecule has 0 atom stereocenters. The summed E-state index contributed by atoms with van der Waals surface area (Å²) in [7, 11) is 0. The average molecular weight is 307 g/mol. The number of rotatable bonds is 5. The van der Waals surface area contributed by atoms with Crippen molar-refractivity contribution < 1.29 is 4.79 Å². The zero-order valence-corrected chi connectivity index (χ0v) is 13.7. The highest BCUT2D eigenvalue weighted by molar-refractivity contribution is 5.95. The summed E-state index contributed by atoms with van der Waals surface area (Å²) in [5.41, 5.74) is 6.42. The summed E-state index contributed by atoms with van der Waals surface area (Å²) >= 11 is 0. The first kappa shape index (κ1) is 16.6. The topological polar surface area (TPSA) is 54.4 Å². The predicted molar refractivity (Wildman–Crippen MR) is 94.4 cm³/mol. The van der Waals surface area contributed by atoms with Gasteiger partial charge in [-0.2, -0.15) is 5.10 Å². The fourth-order valence-corrected chi connectivity index (χ4v) is 2.04. The van der Waals surface area contributed by atoms with Gasteiger partial charge >= 0.3 is 0 Å². The Kier molecular flexibility index (Phi) is 5.80. The van der Waals surface area contributed by atoms with E-state index in [1.807, 2.05) is 13.0 Å². The van der Waals surface area contributed by atoms with Crippen LogP contribution in [-0.4, -0.2) is 17.1 Å². The van der Waals surface area contributed by atoms with Gasteiger partial charge in [0.25, 0.3) is 5.91 Å². The van der Waals surface area contributed by atoms with Crippen LogP contribution >= 0.6 is 0 Å². The number of nitrogens with zero attached hydrogens (tertiary/aromatic N) is 2. The number of carbonyl (C=O) groups excluding carboxylic acids is 1. The summed E-state index contributed by atoms with van der Waals surface area (Å²) in [6, 6.07) is 11.7. The molecule has 23 heavy (non-hydrogen) atoms. The second-order valence-corrected chi connectivity index (χ2v) is 5.64. The molecule has 1 heterocycles. The fraction of sp³-hybridized carbons (Fsp3) is 0.211. The minimum absolute atomic E-state index is 0.252. The highest BCUT2D eigenvalue weighted by Crippen LogP contribution is 2.15. The molecule has 0 aliphatic rings. The first-order chi connectivity index (χ1) is 11.1. The minimum Gasteiger partial charge on any atom is -0.267 e. The van der Waals surface area contributed by atoms with E-state index in [0.29, 0.717) is 11.5 Å². The summed E-state index contributed by atoms with van der Waals surface area (Å²) in [6.45, 7) is 6.29. The van der Waals surface area contributed by atoms with Gasteiger partial charge < -0.3 is 0 Å². The van der Waals surface area contributed by atoms with Gasteiger partial charge in [0.05, 0.1) is 6.21 Å². The number of pyridine rings is 1. The molecule has 0 radical (unpaired) electrons. The molecule has 4 nitrogen and oxygen atoms in total. The van der Waals surface area contributed by atoms with E-state index in [2.05, 4.69) is 53.6 Å². The number of carbonyl (C=O) groups is 1. The van der Waals surface area contributed by atoms with Crippen LogP contribution in [0, 0.1) is 0 Å². The second kappa shape index (κ2) is 8.03. The first-order valence-corrected chi connectivity index (χ1v) is 7.58. The van der Waals surface area contributed by atoms with Crippen LogP contribution < -0.4 is 5.43 Å². The molecule has 2 aromatic rings. The van der Waals surface area contributed by atoms with Crippen LogP contribution in [0.15, 0.2) is 59.5 Å². The Balaban J connectivity index is 1.95. The summed E-state index contributed by atoms with van der Waals surface area (Å²) in [4.78, 5) is 15.7. The van der Waals surface area contributed by atoms with E-state index < -0.39 is 0 Å². The number of amides is 1. The Morgan fingerprint density at radius 3 is 2.39 bits per heavy atom. The molecule has 0 aliphatic carbocycles. The maximum atomic E-state index is 11.8. The van der Waals surface area contributed by atoms with E-state index in [4.69, 9.17) is 0 Å². The van der Waals surface area contributed by atoms with Crippen LogP contribution in [0.3, 0.4) is 0 Å². The Morgan fingerprint density at radius 1 is 1.13 bits per heavy atom. The molecule has 0 aliphatic heterocycles. The summed E-state index contributed by atoms with van der Waals surface area (Å²) in [6.07, 6.45) is 6.80. The van der Waals surface area contributed by atoms with Crippen molar-refractivity contribution in [3.8, 4) is 0 Å². The minimum atomic E-state index is -0.252. The van der Waals surface area contributed by atoms with Gasteiger partial charge in [-0.25, -0.2) is 5.43 Å². The molecule has 2 rings (SSSR count). The van der Waals surface area contributed by atoms with Crippen LogP contribution in [0.2, 0.25) is 0 Å². The van der Waals surface area contributed by atoms with E-state index in [0.717, 1.165) is 11.1 Å². The Morgan fingerprint density at radius 2 is 1.78 bits per heavy atom. The zero-order valence-electron chi connectivity index (χ0n) is 13.7. The molecule has 0 saturated carbocycles.